The van der Waals surface area contributed by atoms with Crippen LogP contribution in [0.15, 0.2) is 24.3 Å². The molecule has 0 spiro atoms. The van der Waals surface area contributed by atoms with Crippen LogP contribution < -0.4 is 10.1 Å². The number of ether oxygens (including phenoxy) is 2. The van der Waals surface area contributed by atoms with Crippen molar-refractivity contribution in [3.05, 3.63) is 29.8 Å². The fourth-order valence-electron chi connectivity index (χ4n) is 6.12. The molecule has 1 atom stereocenters. The lowest BCUT2D eigenvalue weighted by atomic mass is 9.48. The maximum Gasteiger partial charge on any atom is 0.344 e. The molecule has 4 bridgehead atoms. The van der Waals surface area contributed by atoms with E-state index in [0.29, 0.717) is 11.3 Å². The first-order valence-electron chi connectivity index (χ1n) is 10.6. The lowest BCUT2D eigenvalue weighted by Gasteiger charge is -2.59. The second kappa shape index (κ2) is 8.17. The van der Waals surface area contributed by atoms with Crippen LogP contribution in [0.1, 0.15) is 55.8 Å². The highest BCUT2D eigenvalue weighted by atomic mass is 16.6. The van der Waals surface area contributed by atoms with E-state index in [9.17, 15) is 14.4 Å². The molecule has 4 aliphatic carbocycles. The van der Waals surface area contributed by atoms with Crippen molar-refractivity contribution < 1.29 is 23.9 Å². The number of aldehydes is 1. The molecule has 4 saturated carbocycles. The van der Waals surface area contributed by atoms with E-state index in [0.717, 1.165) is 24.0 Å². The predicted molar refractivity (Wildman–Crippen MR) is 106 cm³/mol. The second-order valence-corrected chi connectivity index (χ2v) is 9.21. The van der Waals surface area contributed by atoms with Crippen molar-refractivity contribution in [3.8, 4) is 5.75 Å². The molecule has 1 aromatic rings. The zero-order valence-electron chi connectivity index (χ0n) is 16.9. The summed E-state index contributed by atoms with van der Waals surface area (Å²) in [7, 11) is 0. The number of hydrogen-bond donors (Lipinski definition) is 1. The van der Waals surface area contributed by atoms with Crippen LogP contribution in [0.4, 0.5) is 0 Å². The Kier molecular flexibility index (Phi) is 5.61. The molecule has 1 aromatic carbocycles. The molecule has 0 radical (unpaired) electrons. The summed E-state index contributed by atoms with van der Waals surface area (Å²) in [6.07, 6.45) is 8.51. The van der Waals surface area contributed by atoms with E-state index in [2.05, 4.69) is 12.2 Å². The van der Waals surface area contributed by atoms with Crippen molar-refractivity contribution in [2.24, 2.45) is 23.2 Å². The van der Waals surface area contributed by atoms with Crippen molar-refractivity contribution in [1.29, 1.82) is 0 Å². The second-order valence-electron chi connectivity index (χ2n) is 9.21. The zero-order chi connectivity index (χ0) is 20.4. The molecule has 0 unspecified atom stereocenters. The lowest BCUT2D eigenvalue weighted by molar-refractivity contribution is -0.151. The number of esters is 1. The molecule has 0 saturated heterocycles. The van der Waals surface area contributed by atoms with Gasteiger partial charge in [0.1, 0.15) is 12.0 Å². The smallest absolute Gasteiger partial charge is 0.344 e. The topological polar surface area (TPSA) is 81.7 Å². The molecule has 29 heavy (non-hydrogen) atoms. The van der Waals surface area contributed by atoms with Gasteiger partial charge in [-0.05, 0) is 92.9 Å². The molecule has 1 N–H and O–H groups in total. The normalized spacial score (nSPS) is 30.4. The largest absolute Gasteiger partial charge is 0.482 e. The highest BCUT2D eigenvalue weighted by Gasteiger charge is 2.53. The van der Waals surface area contributed by atoms with Gasteiger partial charge in [-0.15, -0.1) is 0 Å². The van der Waals surface area contributed by atoms with Crippen molar-refractivity contribution in [3.63, 3.8) is 0 Å². The van der Waals surface area contributed by atoms with Crippen LogP contribution in [0.25, 0.3) is 0 Å². The van der Waals surface area contributed by atoms with E-state index in [-0.39, 0.29) is 30.6 Å². The Balaban J connectivity index is 1.20. The summed E-state index contributed by atoms with van der Waals surface area (Å²) in [6.45, 7) is 1.54. The Labute approximate surface area is 171 Å². The highest BCUT2D eigenvalue weighted by molar-refractivity contribution is 5.81. The van der Waals surface area contributed by atoms with E-state index < -0.39 is 5.97 Å². The number of hydrogen-bond acceptors (Lipinski definition) is 5. The summed E-state index contributed by atoms with van der Waals surface area (Å²) in [5.74, 6) is 2.11. The van der Waals surface area contributed by atoms with Gasteiger partial charge in [0.25, 0.3) is 5.91 Å². The molecule has 0 aromatic heterocycles. The molecule has 4 aliphatic rings. The number of carbonyl (C=O) groups is 3. The van der Waals surface area contributed by atoms with E-state index in [1.54, 1.807) is 24.3 Å². The predicted octanol–water partition coefficient (Wildman–Crippen LogP) is 3.14. The van der Waals surface area contributed by atoms with Gasteiger partial charge in [-0.1, -0.05) is 0 Å². The van der Waals surface area contributed by atoms with Gasteiger partial charge in [-0.2, -0.15) is 0 Å². The molecular weight excluding hydrogens is 370 g/mol. The zero-order valence-corrected chi connectivity index (χ0v) is 16.9. The molecular formula is C23H29NO5. The first-order chi connectivity index (χ1) is 14.0. The van der Waals surface area contributed by atoms with Gasteiger partial charge in [-0.25, -0.2) is 4.79 Å². The van der Waals surface area contributed by atoms with E-state index in [1.807, 2.05) is 0 Å². The third-order valence-corrected chi connectivity index (χ3v) is 7.12. The fraction of sp³-hybridized carbons (Fsp3) is 0.609. The van der Waals surface area contributed by atoms with Gasteiger partial charge in [0.2, 0.25) is 0 Å². The monoisotopic (exact) mass is 399 g/mol. The van der Waals surface area contributed by atoms with Crippen LogP contribution in [-0.2, 0) is 14.3 Å². The third-order valence-electron chi connectivity index (χ3n) is 7.12. The molecule has 156 valence electrons. The minimum absolute atomic E-state index is 0.106. The van der Waals surface area contributed by atoms with Gasteiger partial charge >= 0.3 is 5.97 Å². The van der Waals surface area contributed by atoms with Crippen LogP contribution in [0.5, 0.6) is 5.75 Å². The average Bonchev–Trinajstić information content (AvgIpc) is 2.70. The fourth-order valence-corrected chi connectivity index (χ4v) is 6.12. The molecule has 6 nitrogen and oxygen atoms in total. The number of rotatable bonds is 8. The Hall–Kier alpha value is -2.37. The molecule has 6 heteroatoms. The third kappa shape index (κ3) is 4.46. The van der Waals surface area contributed by atoms with Crippen molar-refractivity contribution in [1.82, 2.24) is 5.32 Å². The SMILES string of the molecule is C[C@H](NC(=O)COC(=O)COc1ccc(C=O)cc1)C12CC3CC(CC(C3)C1)C2. The summed E-state index contributed by atoms with van der Waals surface area (Å²) < 4.78 is 10.4. The van der Waals surface area contributed by atoms with Crippen molar-refractivity contribution in [2.45, 2.75) is 51.5 Å². The van der Waals surface area contributed by atoms with Gasteiger partial charge in [0.15, 0.2) is 13.2 Å². The van der Waals surface area contributed by atoms with Gasteiger partial charge in [0, 0.05) is 11.6 Å². The summed E-state index contributed by atoms with van der Waals surface area (Å²) in [6, 6.07) is 6.53. The quantitative estimate of drug-likeness (QED) is 0.536. The lowest BCUT2D eigenvalue weighted by Crippen LogP contribution is -2.56. The van der Waals surface area contributed by atoms with Crippen molar-refractivity contribution in [2.75, 3.05) is 13.2 Å². The molecule has 4 fully saturated rings. The molecule has 0 heterocycles. The summed E-state index contributed by atoms with van der Waals surface area (Å²) >= 11 is 0. The van der Waals surface area contributed by atoms with E-state index in [1.165, 1.54) is 38.5 Å². The summed E-state index contributed by atoms with van der Waals surface area (Å²) in [4.78, 5) is 34.8. The van der Waals surface area contributed by atoms with Crippen molar-refractivity contribution >= 4 is 18.2 Å². The van der Waals surface area contributed by atoms with Crippen LogP contribution >= 0.6 is 0 Å². The minimum atomic E-state index is -0.595. The standard InChI is InChI=1S/C23H29NO5/c1-15(23-9-17-6-18(10-23)8-19(7-17)11-23)24-21(26)13-29-22(27)14-28-20-4-2-16(12-25)3-5-20/h2-5,12,15,17-19H,6-11,13-14H2,1H3,(H,24,26)/t15-,17?,18?,19?,23?/m0/s1. The van der Waals surface area contributed by atoms with Gasteiger partial charge < -0.3 is 14.8 Å². The van der Waals surface area contributed by atoms with Crippen LogP contribution in [0.3, 0.4) is 0 Å². The molecule has 0 aliphatic heterocycles. The van der Waals surface area contributed by atoms with E-state index in [4.69, 9.17) is 9.47 Å². The Bertz CT molecular complexity index is 737. The molecule has 5 rings (SSSR count). The Morgan fingerprint density at radius 3 is 2.21 bits per heavy atom. The first-order valence-corrected chi connectivity index (χ1v) is 10.6. The number of carbonyl (C=O) groups excluding carboxylic acids is 3. The number of amides is 1. The first kappa shape index (κ1) is 19.9. The average molecular weight is 399 g/mol. The summed E-state index contributed by atoms with van der Waals surface area (Å²) in [5, 5.41) is 3.09. The molecule has 1 amide bonds. The van der Waals surface area contributed by atoms with Gasteiger partial charge in [-0.3, -0.25) is 9.59 Å². The van der Waals surface area contributed by atoms with Crippen LogP contribution in [0.2, 0.25) is 0 Å². The maximum absolute atomic E-state index is 12.3. The minimum Gasteiger partial charge on any atom is -0.482 e. The van der Waals surface area contributed by atoms with Gasteiger partial charge in [0.05, 0.1) is 0 Å². The Morgan fingerprint density at radius 1 is 1.07 bits per heavy atom. The number of nitrogens with one attached hydrogen (secondary N) is 1. The number of benzene rings is 1. The van der Waals surface area contributed by atoms with Crippen LogP contribution in [0, 0.1) is 23.2 Å². The highest BCUT2D eigenvalue weighted by Crippen LogP contribution is 2.61. The Morgan fingerprint density at radius 2 is 1.66 bits per heavy atom. The van der Waals surface area contributed by atoms with Crippen LogP contribution in [-0.4, -0.2) is 37.4 Å². The summed E-state index contributed by atoms with van der Waals surface area (Å²) in [5.41, 5.74) is 0.760. The van der Waals surface area contributed by atoms with E-state index >= 15 is 0 Å². The maximum atomic E-state index is 12.3.